The van der Waals surface area contributed by atoms with Gasteiger partial charge in [0.05, 0.1) is 34.3 Å². The average Bonchev–Trinajstić information content (AvgIpc) is 2.51. The first-order chi connectivity index (χ1) is 10.5. The zero-order valence-electron chi connectivity index (χ0n) is 13.7. The topological polar surface area (TPSA) is 29.5 Å². The molecule has 0 aliphatic heterocycles. The fraction of sp³-hybridized carbons (Fsp3) is 0.368. The average molecular weight is 300 g/mol. The molecule has 0 bridgehead atoms. The first kappa shape index (κ1) is 16.5. The van der Waals surface area contributed by atoms with Gasteiger partial charge in [0, 0.05) is 12.0 Å². The van der Waals surface area contributed by atoms with Crippen LogP contribution in [0.5, 0.6) is 5.75 Å². The van der Waals surface area contributed by atoms with E-state index in [0.29, 0.717) is 6.61 Å². The van der Waals surface area contributed by atoms with Crippen molar-refractivity contribution in [1.82, 2.24) is 0 Å². The lowest BCUT2D eigenvalue weighted by Gasteiger charge is -2.24. The highest BCUT2D eigenvalue weighted by molar-refractivity contribution is 5.40. The molecule has 0 saturated carbocycles. The molecule has 0 aliphatic carbocycles. The zero-order valence-corrected chi connectivity index (χ0v) is 13.7. The molecule has 22 heavy (non-hydrogen) atoms. The molecule has 3 nitrogen and oxygen atoms in total. The van der Waals surface area contributed by atoms with Crippen LogP contribution in [-0.2, 0) is 0 Å². The van der Waals surface area contributed by atoms with Gasteiger partial charge in [-0.3, -0.25) is 0 Å². The maximum absolute atomic E-state index is 10.6. The van der Waals surface area contributed by atoms with Crippen LogP contribution in [0, 0.1) is 0 Å². The molecule has 2 aromatic carbocycles. The lowest BCUT2D eigenvalue weighted by atomic mass is 10.0. The van der Waals surface area contributed by atoms with Gasteiger partial charge in [-0.1, -0.05) is 48.5 Å². The van der Waals surface area contributed by atoms with Crippen molar-refractivity contribution in [3.05, 3.63) is 65.7 Å². The Bertz CT molecular complexity index is 575. The summed E-state index contributed by atoms with van der Waals surface area (Å²) < 4.78 is 6.83. The summed E-state index contributed by atoms with van der Waals surface area (Å²) in [4.78, 5) is 0. The van der Waals surface area contributed by atoms with Crippen molar-refractivity contribution in [3.8, 4) is 5.75 Å². The van der Waals surface area contributed by atoms with E-state index < -0.39 is 6.10 Å². The van der Waals surface area contributed by atoms with E-state index in [1.54, 1.807) is 0 Å². The minimum Gasteiger partial charge on any atom is -0.493 e. The van der Waals surface area contributed by atoms with Gasteiger partial charge in [0.25, 0.3) is 0 Å². The van der Waals surface area contributed by atoms with E-state index in [-0.39, 0.29) is 0 Å². The fourth-order valence-electron chi connectivity index (χ4n) is 2.37. The Morgan fingerprint density at radius 2 is 1.59 bits per heavy atom. The molecule has 3 heteroatoms. The molecule has 118 valence electrons. The summed E-state index contributed by atoms with van der Waals surface area (Å²) in [6.07, 6.45) is 0.329. The minimum atomic E-state index is -0.657. The van der Waals surface area contributed by atoms with E-state index in [9.17, 15) is 5.11 Å². The summed E-state index contributed by atoms with van der Waals surface area (Å²) in [6, 6.07) is 17.4. The molecule has 0 aromatic heterocycles. The van der Waals surface area contributed by atoms with Gasteiger partial charge in [0.2, 0.25) is 0 Å². The third-order valence-corrected chi connectivity index (χ3v) is 3.56. The quantitative estimate of drug-likeness (QED) is 0.628. The number of nitrogens with zero attached hydrogens (tertiary/aromatic N) is 1. The van der Waals surface area contributed by atoms with Gasteiger partial charge in [-0.15, -0.1) is 0 Å². The number of aliphatic hydroxyl groups is 1. The monoisotopic (exact) mass is 300 g/mol. The second kappa shape index (κ2) is 7.43. The molecule has 1 unspecified atom stereocenters. The molecule has 0 amide bonds. The predicted octanol–water partition coefficient (Wildman–Crippen LogP) is 3.24. The molecule has 0 spiro atoms. The summed E-state index contributed by atoms with van der Waals surface area (Å²) in [5.74, 6) is 0.764. The molecule has 1 N–H and O–H groups in total. The second-order valence-electron chi connectivity index (χ2n) is 6.57. The third kappa shape index (κ3) is 4.86. The number of aliphatic hydroxyl groups excluding tert-OH is 1. The van der Waals surface area contributed by atoms with Gasteiger partial charge < -0.3 is 14.3 Å². The highest BCUT2D eigenvalue weighted by Gasteiger charge is 2.15. The number of ether oxygens (including phenoxy) is 1. The van der Waals surface area contributed by atoms with E-state index in [1.165, 1.54) is 0 Å². The Labute approximate surface area is 133 Å². The van der Waals surface area contributed by atoms with Crippen LogP contribution < -0.4 is 4.74 Å². The Hall–Kier alpha value is -1.84. The molecule has 1 atom stereocenters. The SMILES string of the molecule is C[N+](C)(C)CCCOc1ccccc1C(O)c1ccccc1. The predicted molar refractivity (Wildman–Crippen MR) is 90.0 cm³/mol. The van der Waals surface area contributed by atoms with Crippen LogP contribution in [0.4, 0.5) is 0 Å². The maximum atomic E-state index is 10.6. The molecule has 0 saturated heterocycles. The largest absolute Gasteiger partial charge is 0.493 e. The molecular formula is C19H26NO2+. The summed E-state index contributed by atoms with van der Waals surface area (Å²) in [5.41, 5.74) is 1.70. The van der Waals surface area contributed by atoms with E-state index in [4.69, 9.17) is 4.74 Å². The molecular weight excluding hydrogens is 274 g/mol. The van der Waals surface area contributed by atoms with E-state index in [2.05, 4.69) is 21.1 Å². The van der Waals surface area contributed by atoms with Gasteiger partial charge in [-0.25, -0.2) is 0 Å². The number of para-hydroxylation sites is 1. The molecule has 0 fully saturated rings. The van der Waals surface area contributed by atoms with Crippen molar-refractivity contribution in [2.45, 2.75) is 12.5 Å². The van der Waals surface area contributed by atoms with Gasteiger partial charge in [0.1, 0.15) is 11.9 Å². The number of benzene rings is 2. The third-order valence-electron chi connectivity index (χ3n) is 3.56. The molecule has 0 radical (unpaired) electrons. The number of rotatable bonds is 7. The van der Waals surface area contributed by atoms with Gasteiger partial charge in [-0.05, 0) is 11.6 Å². The molecule has 2 aromatic rings. The lowest BCUT2D eigenvalue weighted by Crippen LogP contribution is -2.36. The molecule has 2 rings (SSSR count). The first-order valence-electron chi connectivity index (χ1n) is 7.72. The summed E-state index contributed by atoms with van der Waals surface area (Å²) in [7, 11) is 6.52. The van der Waals surface area contributed by atoms with Crippen LogP contribution in [0.25, 0.3) is 0 Å². The van der Waals surface area contributed by atoms with Crippen LogP contribution in [-0.4, -0.2) is 43.9 Å². The van der Waals surface area contributed by atoms with Crippen molar-refractivity contribution >= 4 is 0 Å². The molecule has 0 aliphatic rings. The van der Waals surface area contributed by atoms with Gasteiger partial charge in [0.15, 0.2) is 0 Å². The van der Waals surface area contributed by atoms with E-state index >= 15 is 0 Å². The normalized spacial score (nSPS) is 12.9. The zero-order chi connectivity index (χ0) is 16.0. The second-order valence-corrected chi connectivity index (χ2v) is 6.57. The van der Waals surface area contributed by atoms with Crippen molar-refractivity contribution < 1.29 is 14.3 Å². The standard InChI is InChI=1S/C19H26NO2/c1-20(2,3)14-9-15-22-18-13-8-7-12-17(18)19(21)16-10-5-4-6-11-16/h4-8,10-13,19,21H,9,14-15H2,1-3H3/q+1. The van der Waals surface area contributed by atoms with Crippen molar-refractivity contribution in [1.29, 1.82) is 0 Å². The summed E-state index contributed by atoms with van der Waals surface area (Å²) in [5, 5.41) is 10.6. The molecule has 0 heterocycles. The van der Waals surface area contributed by atoms with Crippen LogP contribution in [0.15, 0.2) is 54.6 Å². The van der Waals surface area contributed by atoms with E-state index in [1.807, 2.05) is 54.6 Å². The minimum absolute atomic E-state index is 0.657. The Kier molecular flexibility index (Phi) is 5.58. The van der Waals surface area contributed by atoms with E-state index in [0.717, 1.165) is 34.3 Å². The van der Waals surface area contributed by atoms with Crippen molar-refractivity contribution in [2.24, 2.45) is 0 Å². The highest BCUT2D eigenvalue weighted by atomic mass is 16.5. The first-order valence-corrected chi connectivity index (χ1v) is 7.72. The van der Waals surface area contributed by atoms with Gasteiger partial charge >= 0.3 is 0 Å². The number of quaternary nitrogens is 1. The Morgan fingerprint density at radius 1 is 0.955 bits per heavy atom. The van der Waals surface area contributed by atoms with Crippen LogP contribution in [0.1, 0.15) is 23.7 Å². The fourth-order valence-corrected chi connectivity index (χ4v) is 2.37. The van der Waals surface area contributed by atoms with Gasteiger partial charge in [-0.2, -0.15) is 0 Å². The lowest BCUT2D eigenvalue weighted by molar-refractivity contribution is -0.870. The van der Waals surface area contributed by atoms with Crippen molar-refractivity contribution in [2.75, 3.05) is 34.3 Å². The summed E-state index contributed by atoms with van der Waals surface area (Å²) in [6.45, 7) is 1.72. The smallest absolute Gasteiger partial charge is 0.125 e. The Balaban J connectivity index is 2.04. The number of hydrogen-bond donors (Lipinski definition) is 1. The van der Waals surface area contributed by atoms with Crippen LogP contribution in [0.2, 0.25) is 0 Å². The summed E-state index contributed by atoms with van der Waals surface area (Å²) >= 11 is 0. The van der Waals surface area contributed by atoms with Crippen LogP contribution in [0.3, 0.4) is 0 Å². The maximum Gasteiger partial charge on any atom is 0.125 e. The Morgan fingerprint density at radius 3 is 2.27 bits per heavy atom. The van der Waals surface area contributed by atoms with Crippen LogP contribution >= 0.6 is 0 Å². The highest BCUT2D eigenvalue weighted by Crippen LogP contribution is 2.29. The number of hydrogen-bond acceptors (Lipinski definition) is 2. The van der Waals surface area contributed by atoms with Crippen molar-refractivity contribution in [3.63, 3.8) is 0 Å².